The van der Waals surface area contributed by atoms with Gasteiger partial charge in [0.2, 0.25) is 5.91 Å². The minimum Gasteiger partial charge on any atom is -0.272 e. The Bertz CT molecular complexity index is 692. The van der Waals surface area contributed by atoms with Crippen LogP contribution in [0.15, 0.2) is 52.5 Å². The van der Waals surface area contributed by atoms with Crippen molar-refractivity contribution < 1.29 is 4.79 Å². The van der Waals surface area contributed by atoms with Crippen molar-refractivity contribution in [3.63, 3.8) is 0 Å². The maximum absolute atomic E-state index is 11.8. The van der Waals surface area contributed by atoms with Crippen LogP contribution in [0.3, 0.4) is 0 Å². The van der Waals surface area contributed by atoms with Gasteiger partial charge in [-0.1, -0.05) is 41.5 Å². The molecule has 0 spiro atoms. The third-order valence-electron chi connectivity index (χ3n) is 3.30. The highest BCUT2D eigenvalue weighted by molar-refractivity contribution is 7.99. The van der Waals surface area contributed by atoms with Crippen LogP contribution in [0.5, 0.6) is 0 Å². The number of nitrogens with zero attached hydrogens (tertiary/aromatic N) is 1. The minimum absolute atomic E-state index is 0.0821. The molecular weight excluding hydrogens is 336 g/mol. The number of carbonyl (C=O) groups is 1. The zero-order chi connectivity index (χ0) is 17.4. The fourth-order valence-electron chi connectivity index (χ4n) is 2.31. The van der Waals surface area contributed by atoms with Gasteiger partial charge < -0.3 is 0 Å². The molecule has 0 saturated heterocycles. The number of amides is 1. The number of benzene rings is 2. The van der Waals surface area contributed by atoms with Crippen molar-refractivity contribution in [3.05, 3.63) is 64.7 Å². The predicted molar refractivity (Wildman–Crippen MR) is 106 cm³/mol. The molecule has 0 heterocycles. The Kier molecular flexibility index (Phi) is 7.40. The Morgan fingerprint density at radius 3 is 2.42 bits per heavy atom. The Hall–Kier alpha value is -1.72. The first-order valence-corrected chi connectivity index (χ1v) is 10.1. The number of hydrogen-bond donors (Lipinski definition) is 1. The molecule has 3 nitrogen and oxygen atoms in total. The second-order valence-corrected chi connectivity index (χ2v) is 7.42. The summed E-state index contributed by atoms with van der Waals surface area (Å²) in [6.07, 6.45) is 3.70. The van der Waals surface area contributed by atoms with E-state index in [4.69, 9.17) is 0 Å². The molecule has 0 bridgehead atoms. The number of carbonyl (C=O) groups excluding carboxylic acids is 1. The molecule has 24 heavy (non-hydrogen) atoms. The molecule has 2 rings (SSSR count). The molecule has 0 radical (unpaired) electrons. The maximum atomic E-state index is 11.8. The molecule has 0 atom stereocenters. The van der Waals surface area contributed by atoms with Crippen molar-refractivity contribution in [1.82, 2.24) is 5.43 Å². The van der Waals surface area contributed by atoms with Gasteiger partial charge in [-0.3, -0.25) is 4.79 Å². The normalized spacial score (nSPS) is 11.0. The molecule has 1 amide bonds. The van der Waals surface area contributed by atoms with Gasteiger partial charge in [-0.25, -0.2) is 5.43 Å². The van der Waals surface area contributed by atoms with Crippen molar-refractivity contribution in [2.24, 2.45) is 5.10 Å². The summed E-state index contributed by atoms with van der Waals surface area (Å²) in [5.41, 5.74) is 7.31. The summed E-state index contributed by atoms with van der Waals surface area (Å²) in [6, 6.07) is 14.5. The number of nitrogens with one attached hydrogen (secondary N) is 1. The quantitative estimate of drug-likeness (QED) is 0.453. The molecule has 5 heteroatoms. The van der Waals surface area contributed by atoms with Crippen molar-refractivity contribution >= 4 is 35.6 Å². The van der Waals surface area contributed by atoms with Crippen LogP contribution in [0.4, 0.5) is 0 Å². The number of thioether (sulfide) groups is 2. The fourth-order valence-corrected chi connectivity index (χ4v) is 3.48. The highest BCUT2D eigenvalue weighted by Gasteiger charge is 2.02. The molecule has 2 aromatic rings. The maximum Gasteiger partial charge on any atom is 0.250 e. The molecule has 0 fully saturated rings. The van der Waals surface area contributed by atoms with E-state index in [9.17, 15) is 4.79 Å². The van der Waals surface area contributed by atoms with Crippen molar-refractivity contribution in [1.29, 1.82) is 0 Å². The van der Waals surface area contributed by atoms with Gasteiger partial charge in [0.15, 0.2) is 0 Å². The molecular formula is C19H22N2OS2. The van der Waals surface area contributed by atoms with Gasteiger partial charge in [0.1, 0.15) is 0 Å². The van der Waals surface area contributed by atoms with Gasteiger partial charge in [-0.15, -0.1) is 23.5 Å². The lowest BCUT2D eigenvalue weighted by atomic mass is 10.1. The average Bonchev–Trinajstić information content (AvgIpc) is 2.54. The topological polar surface area (TPSA) is 41.5 Å². The number of rotatable bonds is 7. The van der Waals surface area contributed by atoms with Crippen LogP contribution in [0.2, 0.25) is 0 Å². The van der Waals surface area contributed by atoms with Crippen LogP contribution in [-0.4, -0.2) is 24.1 Å². The minimum atomic E-state index is -0.0821. The summed E-state index contributed by atoms with van der Waals surface area (Å²) < 4.78 is 0. The summed E-state index contributed by atoms with van der Waals surface area (Å²) in [7, 11) is 0. The number of hydrazone groups is 1. The summed E-state index contributed by atoms with van der Waals surface area (Å²) in [5.74, 6) is 1.15. The van der Waals surface area contributed by atoms with Gasteiger partial charge in [-0.05, 0) is 43.4 Å². The van der Waals surface area contributed by atoms with Crippen molar-refractivity contribution in [2.45, 2.75) is 24.5 Å². The predicted octanol–water partition coefficient (Wildman–Crippen LogP) is 4.41. The molecule has 0 aliphatic carbocycles. The molecule has 1 N–H and O–H groups in total. The third-order valence-corrected chi connectivity index (χ3v) is 5.05. The standard InChI is InChI=1S/C19H22N2OS2/c1-14-8-15(2)10-17(9-14)12-24-13-19(22)21-20-11-16-4-6-18(23-3)7-5-16/h4-11H,12-13H2,1-3H3,(H,21,22)/b20-11+. The molecule has 0 aromatic heterocycles. The first kappa shape index (κ1) is 18.6. The van der Waals surface area contributed by atoms with E-state index < -0.39 is 0 Å². The Balaban J connectivity index is 1.73. The largest absolute Gasteiger partial charge is 0.272 e. The highest BCUT2D eigenvalue weighted by atomic mass is 32.2. The van der Waals surface area contributed by atoms with E-state index in [1.807, 2.05) is 30.5 Å². The van der Waals surface area contributed by atoms with Crippen molar-refractivity contribution in [2.75, 3.05) is 12.0 Å². The first-order valence-electron chi connectivity index (χ1n) is 7.67. The van der Waals surface area contributed by atoms with Crippen LogP contribution in [0.1, 0.15) is 22.3 Å². The second-order valence-electron chi connectivity index (χ2n) is 5.56. The lowest BCUT2D eigenvalue weighted by molar-refractivity contribution is -0.118. The van der Waals surface area contributed by atoms with E-state index in [-0.39, 0.29) is 5.91 Å². The van der Waals surface area contributed by atoms with Crippen LogP contribution < -0.4 is 5.43 Å². The second kappa shape index (κ2) is 9.55. The molecule has 0 saturated carbocycles. The van der Waals surface area contributed by atoms with Gasteiger partial charge in [-0.2, -0.15) is 5.10 Å². The van der Waals surface area contributed by atoms with E-state index in [1.54, 1.807) is 29.7 Å². The zero-order valence-corrected chi connectivity index (χ0v) is 15.8. The Morgan fingerprint density at radius 2 is 1.79 bits per heavy atom. The number of aryl methyl sites for hydroxylation is 2. The zero-order valence-electron chi connectivity index (χ0n) is 14.2. The summed E-state index contributed by atoms with van der Waals surface area (Å²) >= 11 is 3.29. The third kappa shape index (κ3) is 6.42. The van der Waals surface area contributed by atoms with Gasteiger partial charge in [0.05, 0.1) is 12.0 Å². The fraction of sp³-hybridized carbons (Fsp3) is 0.263. The lowest BCUT2D eigenvalue weighted by Crippen LogP contribution is -2.19. The SMILES string of the molecule is CSc1ccc(/C=N/NC(=O)CSCc2cc(C)cc(C)c2)cc1. The van der Waals surface area contributed by atoms with E-state index >= 15 is 0 Å². The van der Waals surface area contributed by atoms with Gasteiger partial charge in [0.25, 0.3) is 0 Å². The molecule has 126 valence electrons. The summed E-state index contributed by atoms with van der Waals surface area (Å²) in [6.45, 7) is 4.18. The van der Waals surface area contributed by atoms with Crippen LogP contribution >= 0.6 is 23.5 Å². The molecule has 0 unspecified atom stereocenters. The van der Waals surface area contributed by atoms with Crippen LogP contribution in [0.25, 0.3) is 0 Å². The van der Waals surface area contributed by atoms with Crippen molar-refractivity contribution in [3.8, 4) is 0 Å². The van der Waals surface area contributed by atoms with E-state index in [2.05, 4.69) is 42.6 Å². The summed E-state index contributed by atoms with van der Waals surface area (Å²) in [5, 5.41) is 4.01. The van der Waals surface area contributed by atoms with E-state index in [0.717, 1.165) is 11.3 Å². The van der Waals surface area contributed by atoms with E-state index in [0.29, 0.717) is 5.75 Å². The van der Waals surface area contributed by atoms with E-state index in [1.165, 1.54) is 21.6 Å². The van der Waals surface area contributed by atoms with Crippen LogP contribution in [-0.2, 0) is 10.5 Å². The molecule has 2 aromatic carbocycles. The van der Waals surface area contributed by atoms with Gasteiger partial charge in [0, 0.05) is 10.6 Å². The molecule has 0 aliphatic rings. The van der Waals surface area contributed by atoms with Crippen LogP contribution in [0, 0.1) is 13.8 Å². The molecule has 0 aliphatic heterocycles. The smallest absolute Gasteiger partial charge is 0.250 e. The average molecular weight is 359 g/mol. The van der Waals surface area contributed by atoms with Gasteiger partial charge >= 0.3 is 0 Å². The highest BCUT2D eigenvalue weighted by Crippen LogP contribution is 2.16. The number of hydrogen-bond acceptors (Lipinski definition) is 4. The first-order chi connectivity index (χ1) is 11.6. The Labute approximate surface area is 152 Å². The lowest BCUT2D eigenvalue weighted by Gasteiger charge is -2.04. The Morgan fingerprint density at radius 1 is 1.12 bits per heavy atom. The monoisotopic (exact) mass is 358 g/mol. The summed E-state index contributed by atoms with van der Waals surface area (Å²) in [4.78, 5) is 13.0.